The zero-order valence-electron chi connectivity index (χ0n) is 12.0. The Balaban J connectivity index is 1.70. The molecule has 0 fully saturated rings. The van der Waals surface area contributed by atoms with Gasteiger partial charge in [-0.3, -0.25) is 10.2 Å². The number of nitrogens with one attached hydrogen (secondary N) is 3. The standard InChI is InChI=1S/C17H12N6/c1-2-4-15-12(3-1)13-9-19-23-16(13)17(21-15)20-11-5-6-14-10(7-11)8-18-22-14/h1-9H,(H,18,22)(H,19,23)(H,20,21). The van der Waals surface area contributed by atoms with Gasteiger partial charge in [-0.15, -0.1) is 0 Å². The van der Waals surface area contributed by atoms with Crippen molar-refractivity contribution in [3.05, 3.63) is 54.9 Å². The molecule has 2 aromatic carbocycles. The lowest BCUT2D eigenvalue weighted by atomic mass is 10.1. The lowest BCUT2D eigenvalue weighted by Gasteiger charge is -2.09. The third kappa shape index (κ3) is 1.85. The number of rotatable bonds is 2. The number of aromatic amines is 2. The van der Waals surface area contributed by atoms with Gasteiger partial charge in [0.25, 0.3) is 0 Å². The smallest absolute Gasteiger partial charge is 0.157 e. The molecule has 110 valence electrons. The van der Waals surface area contributed by atoms with E-state index >= 15 is 0 Å². The van der Waals surface area contributed by atoms with E-state index in [4.69, 9.17) is 4.98 Å². The van der Waals surface area contributed by atoms with E-state index in [1.165, 1.54) is 0 Å². The number of benzene rings is 2. The van der Waals surface area contributed by atoms with Crippen LogP contribution in [0.2, 0.25) is 0 Å². The molecule has 6 heteroatoms. The number of fused-ring (bicyclic) bond motifs is 4. The van der Waals surface area contributed by atoms with Crippen LogP contribution in [0.3, 0.4) is 0 Å². The van der Waals surface area contributed by atoms with Crippen LogP contribution in [0.5, 0.6) is 0 Å². The molecule has 0 aliphatic carbocycles. The molecule has 5 aromatic rings. The van der Waals surface area contributed by atoms with Gasteiger partial charge in [-0.05, 0) is 24.3 Å². The van der Waals surface area contributed by atoms with Gasteiger partial charge in [0.15, 0.2) is 5.82 Å². The van der Waals surface area contributed by atoms with Crippen molar-refractivity contribution in [2.45, 2.75) is 0 Å². The molecule has 0 radical (unpaired) electrons. The van der Waals surface area contributed by atoms with E-state index in [2.05, 4.69) is 31.8 Å². The molecule has 0 atom stereocenters. The van der Waals surface area contributed by atoms with Crippen LogP contribution >= 0.6 is 0 Å². The molecule has 0 saturated heterocycles. The van der Waals surface area contributed by atoms with Crippen LogP contribution in [0, 0.1) is 0 Å². The SMILES string of the molecule is c1ccc2c(c1)nc(Nc1ccc3[nH]ncc3c1)c1[nH]ncc12. The minimum atomic E-state index is 0.763. The number of H-pyrrole nitrogens is 2. The molecule has 5 rings (SSSR count). The molecule has 23 heavy (non-hydrogen) atoms. The van der Waals surface area contributed by atoms with E-state index in [9.17, 15) is 0 Å². The maximum atomic E-state index is 4.73. The van der Waals surface area contributed by atoms with Gasteiger partial charge in [-0.1, -0.05) is 18.2 Å². The highest BCUT2D eigenvalue weighted by Gasteiger charge is 2.10. The van der Waals surface area contributed by atoms with Gasteiger partial charge in [0.2, 0.25) is 0 Å². The summed E-state index contributed by atoms with van der Waals surface area (Å²) in [6.45, 7) is 0. The maximum Gasteiger partial charge on any atom is 0.157 e. The molecule has 6 nitrogen and oxygen atoms in total. The predicted octanol–water partition coefficient (Wildman–Crippen LogP) is 3.73. The van der Waals surface area contributed by atoms with Gasteiger partial charge in [0.1, 0.15) is 5.52 Å². The molecule has 0 unspecified atom stereocenters. The number of para-hydroxylation sites is 1. The molecule has 0 aliphatic rings. The average Bonchev–Trinajstić information content (AvgIpc) is 3.24. The Morgan fingerprint density at radius 1 is 0.870 bits per heavy atom. The second kappa shape index (κ2) is 4.54. The van der Waals surface area contributed by atoms with Crippen LogP contribution < -0.4 is 5.32 Å². The zero-order valence-corrected chi connectivity index (χ0v) is 12.0. The summed E-state index contributed by atoms with van der Waals surface area (Å²) in [5.74, 6) is 0.763. The minimum Gasteiger partial charge on any atom is -0.338 e. The molecule has 0 aliphatic heterocycles. The molecule has 3 aromatic heterocycles. The van der Waals surface area contributed by atoms with E-state index in [1.54, 1.807) is 6.20 Å². The van der Waals surface area contributed by atoms with E-state index in [0.29, 0.717) is 0 Å². The molecular weight excluding hydrogens is 288 g/mol. The monoisotopic (exact) mass is 300 g/mol. The Morgan fingerprint density at radius 2 is 1.78 bits per heavy atom. The number of aromatic nitrogens is 5. The average molecular weight is 300 g/mol. The fourth-order valence-electron chi connectivity index (χ4n) is 2.89. The van der Waals surface area contributed by atoms with Gasteiger partial charge in [-0.2, -0.15) is 10.2 Å². The second-order valence-electron chi connectivity index (χ2n) is 5.43. The van der Waals surface area contributed by atoms with Crippen molar-refractivity contribution in [3.63, 3.8) is 0 Å². The molecule has 0 spiro atoms. The number of nitrogens with zero attached hydrogens (tertiary/aromatic N) is 3. The van der Waals surface area contributed by atoms with Crippen LogP contribution in [0.4, 0.5) is 11.5 Å². The van der Waals surface area contributed by atoms with Gasteiger partial charge < -0.3 is 5.32 Å². The zero-order chi connectivity index (χ0) is 15.2. The van der Waals surface area contributed by atoms with Gasteiger partial charge >= 0.3 is 0 Å². The number of anilines is 2. The molecule has 0 saturated carbocycles. The summed E-state index contributed by atoms with van der Waals surface area (Å²) in [7, 11) is 0. The normalized spacial score (nSPS) is 11.5. The summed E-state index contributed by atoms with van der Waals surface area (Å²) in [4.78, 5) is 4.73. The van der Waals surface area contributed by atoms with Crippen molar-refractivity contribution in [1.82, 2.24) is 25.4 Å². The lowest BCUT2D eigenvalue weighted by molar-refractivity contribution is 1.12. The molecular formula is C17H12N6. The quantitative estimate of drug-likeness (QED) is 0.464. The highest BCUT2D eigenvalue weighted by atomic mass is 15.1. The fourth-order valence-corrected chi connectivity index (χ4v) is 2.89. The summed E-state index contributed by atoms with van der Waals surface area (Å²) in [6, 6.07) is 14.1. The van der Waals surface area contributed by atoms with Crippen LogP contribution in [0.15, 0.2) is 54.9 Å². The molecule has 3 N–H and O–H groups in total. The van der Waals surface area contributed by atoms with E-state index in [0.717, 1.165) is 44.2 Å². The Morgan fingerprint density at radius 3 is 2.78 bits per heavy atom. The summed E-state index contributed by atoms with van der Waals surface area (Å²) in [6.07, 6.45) is 3.64. The van der Waals surface area contributed by atoms with E-state index in [1.807, 2.05) is 42.6 Å². The number of hydrogen-bond donors (Lipinski definition) is 3. The molecule has 0 amide bonds. The first-order valence-corrected chi connectivity index (χ1v) is 7.30. The van der Waals surface area contributed by atoms with Crippen molar-refractivity contribution in [3.8, 4) is 0 Å². The third-order valence-electron chi connectivity index (χ3n) is 4.01. The van der Waals surface area contributed by atoms with Gasteiger partial charge in [-0.25, -0.2) is 4.98 Å². The van der Waals surface area contributed by atoms with E-state index in [-0.39, 0.29) is 0 Å². The second-order valence-corrected chi connectivity index (χ2v) is 5.43. The Bertz CT molecular complexity index is 1150. The Kier molecular flexibility index (Phi) is 2.40. The lowest BCUT2D eigenvalue weighted by Crippen LogP contribution is -1.95. The largest absolute Gasteiger partial charge is 0.338 e. The first kappa shape index (κ1) is 12.2. The Labute approximate surface area is 130 Å². The molecule has 0 bridgehead atoms. The third-order valence-corrected chi connectivity index (χ3v) is 4.01. The summed E-state index contributed by atoms with van der Waals surface area (Å²) in [5, 5.41) is 20.8. The Hall–Kier alpha value is -3.41. The van der Waals surface area contributed by atoms with Crippen LogP contribution in [0.25, 0.3) is 32.7 Å². The van der Waals surface area contributed by atoms with E-state index < -0.39 is 0 Å². The number of pyridine rings is 1. The van der Waals surface area contributed by atoms with Crippen molar-refractivity contribution < 1.29 is 0 Å². The fraction of sp³-hybridized carbons (Fsp3) is 0. The van der Waals surface area contributed by atoms with Crippen LogP contribution in [-0.2, 0) is 0 Å². The highest BCUT2D eigenvalue weighted by molar-refractivity contribution is 6.08. The van der Waals surface area contributed by atoms with Crippen LogP contribution in [0.1, 0.15) is 0 Å². The molecule has 3 heterocycles. The minimum absolute atomic E-state index is 0.763. The van der Waals surface area contributed by atoms with Crippen molar-refractivity contribution in [2.75, 3.05) is 5.32 Å². The van der Waals surface area contributed by atoms with Gasteiger partial charge in [0.05, 0.1) is 23.4 Å². The summed E-state index contributed by atoms with van der Waals surface area (Å²) in [5.41, 5.74) is 3.80. The predicted molar refractivity (Wildman–Crippen MR) is 90.8 cm³/mol. The van der Waals surface area contributed by atoms with Crippen molar-refractivity contribution in [2.24, 2.45) is 0 Å². The van der Waals surface area contributed by atoms with Crippen molar-refractivity contribution in [1.29, 1.82) is 0 Å². The number of hydrogen-bond acceptors (Lipinski definition) is 4. The van der Waals surface area contributed by atoms with Crippen LogP contribution in [-0.4, -0.2) is 25.4 Å². The first-order chi connectivity index (χ1) is 11.4. The topological polar surface area (TPSA) is 82.3 Å². The highest BCUT2D eigenvalue weighted by Crippen LogP contribution is 2.29. The maximum absolute atomic E-state index is 4.73. The summed E-state index contributed by atoms with van der Waals surface area (Å²) < 4.78 is 0. The van der Waals surface area contributed by atoms with Gasteiger partial charge in [0, 0.05) is 21.8 Å². The first-order valence-electron chi connectivity index (χ1n) is 7.30. The van der Waals surface area contributed by atoms with Crippen molar-refractivity contribution >= 4 is 44.2 Å². The summed E-state index contributed by atoms with van der Waals surface area (Å²) >= 11 is 0.